The predicted molar refractivity (Wildman–Crippen MR) is 39.3 cm³/mol. The fourth-order valence-corrected chi connectivity index (χ4v) is 1.30. The molecule has 2 nitrogen and oxygen atoms in total. The Balaban J connectivity index is 2.23. The highest BCUT2D eigenvalue weighted by molar-refractivity contribution is 4.69. The standard InChI is InChI=1S/C7H16N2/c1-3-7-4-8-6-9(2)5-7/h7-8H,3-6H2,1-2H3. The molecule has 0 aromatic rings. The minimum absolute atomic E-state index is 0.878. The summed E-state index contributed by atoms with van der Waals surface area (Å²) in [6, 6.07) is 0. The van der Waals surface area contributed by atoms with Crippen LogP contribution in [0, 0.1) is 5.92 Å². The molecule has 1 N–H and O–H groups in total. The summed E-state index contributed by atoms with van der Waals surface area (Å²) in [6.45, 7) is 5.80. The van der Waals surface area contributed by atoms with Crippen LogP contribution in [-0.4, -0.2) is 31.7 Å². The Kier molecular flexibility index (Phi) is 2.49. The van der Waals surface area contributed by atoms with E-state index in [0.717, 1.165) is 12.6 Å². The number of rotatable bonds is 1. The van der Waals surface area contributed by atoms with Crippen molar-refractivity contribution in [1.29, 1.82) is 0 Å². The molecule has 0 aromatic carbocycles. The zero-order valence-corrected chi connectivity index (χ0v) is 6.35. The Labute approximate surface area is 57.2 Å². The van der Waals surface area contributed by atoms with E-state index in [0.29, 0.717) is 0 Å². The molecule has 1 aliphatic rings. The Morgan fingerprint density at radius 2 is 2.44 bits per heavy atom. The maximum absolute atomic E-state index is 3.36. The molecule has 0 spiro atoms. The Bertz CT molecular complexity index is 83.0. The van der Waals surface area contributed by atoms with Crippen molar-refractivity contribution in [1.82, 2.24) is 10.2 Å². The van der Waals surface area contributed by atoms with E-state index >= 15 is 0 Å². The topological polar surface area (TPSA) is 15.3 Å². The van der Waals surface area contributed by atoms with Crippen molar-refractivity contribution in [2.75, 3.05) is 26.8 Å². The zero-order valence-electron chi connectivity index (χ0n) is 6.35. The summed E-state index contributed by atoms with van der Waals surface area (Å²) in [4.78, 5) is 2.33. The molecule has 0 bridgehead atoms. The maximum atomic E-state index is 3.36. The molecule has 1 rings (SSSR count). The molecule has 0 saturated carbocycles. The maximum Gasteiger partial charge on any atom is 0.0477 e. The summed E-state index contributed by atoms with van der Waals surface area (Å²) in [6.07, 6.45) is 1.30. The van der Waals surface area contributed by atoms with Crippen molar-refractivity contribution in [2.45, 2.75) is 13.3 Å². The third-order valence-electron chi connectivity index (χ3n) is 1.96. The second-order valence-corrected chi connectivity index (χ2v) is 2.93. The van der Waals surface area contributed by atoms with Gasteiger partial charge in [0, 0.05) is 19.8 Å². The monoisotopic (exact) mass is 128 g/mol. The van der Waals surface area contributed by atoms with Gasteiger partial charge in [-0.3, -0.25) is 4.90 Å². The van der Waals surface area contributed by atoms with E-state index in [2.05, 4.69) is 24.2 Å². The van der Waals surface area contributed by atoms with Gasteiger partial charge < -0.3 is 5.32 Å². The number of nitrogens with zero attached hydrogens (tertiary/aromatic N) is 1. The van der Waals surface area contributed by atoms with Crippen LogP contribution in [0.1, 0.15) is 13.3 Å². The second kappa shape index (κ2) is 3.18. The SMILES string of the molecule is CCC1CNCN(C)C1. The van der Waals surface area contributed by atoms with Crippen LogP contribution in [0.25, 0.3) is 0 Å². The fraction of sp³-hybridized carbons (Fsp3) is 1.00. The molecule has 1 unspecified atom stereocenters. The molecule has 9 heavy (non-hydrogen) atoms. The van der Waals surface area contributed by atoms with Gasteiger partial charge in [0.15, 0.2) is 0 Å². The van der Waals surface area contributed by atoms with E-state index < -0.39 is 0 Å². The summed E-state index contributed by atoms with van der Waals surface area (Å²) in [5.74, 6) is 0.878. The van der Waals surface area contributed by atoms with Gasteiger partial charge >= 0.3 is 0 Å². The van der Waals surface area contributed by atoms with Crippen molar-refractivity contribution in [3.05, 3.63) is 0 Å². The van der Waals surface area contributed by atoms with E-state index in [1.165, 1.54) is 19.5 Å². The smallest absolute Gasteiger partial charge is 0.0477 e. The molecule has 1 aliphatic heterocycles. The number of hydrogen-bond donors (Lipinski definition) is 1. The summed E-state index contributed by atoms with van der Waals surface area (Å²) >= 11 is 0. The zero-order chi connectivity index (χ0) is 6.69. The second-order valence-electron chi connectivity index (χ2n) is 2.93. The molecule has 1 saturated heterocycles. The summed E-state index contributed by atoms with van der Waals surface area (Å²) in [5.41, 5.74) is 0. The van der Waals surface area contributed by atoms with Crippen molar-refractivity contribution in [3.8, 4) is 0 Å². The van der Waals surface area contributed by atoms with Crippen molar-refractivity contribution in [3.63, 3.8) is 0 Å². The molecule has 1 heterocycles. The van der Waals surface area contributed by atoms with Crippen LogP contribution in [0.15, 0.2) is 0 Å². The minimum atomic E-state index is 0.878. The predicted octanol–water partition coefficient (Wildman–Crippen LogP) is 0.505. The molecule has 0 aromatic heterocycles. The highest BCUT2D eigenvalue weighted by atomic mass is 15.2. The summed E-state index contributed by atoms with van der Waals surface area (Å²) in [7, 11) is 2.16. The van der Waals surface area contributed by atoms with E-state index in [1.807, 2.05) is 0 Å². The molecule has 0 aliphatic carbocycles. The average molecular weight is 128 g/mol. The van der Waals surface area contributed by atoms with Crippen LogP contribution in [0.2, 0.25) is 0 Å². The molecule has 1 fully saturated rings. The van der Waals surface area contributed by atoms with Gasteiger partial charge in [0.25, 0.3) is 0 Å². The normalized spacial score (nSPS) is 30.7. The van der Waals surface area contributed by atoms with Gasteiger partial charge in [0.2, 0.25) is 0 Å². The molecule has 0 amide bonds. The van der Waals surface area contributed by atoms with Gasteiger partial charge in [-0.2, -0.15) is 0 Å². The Morgan fingerprint density at radius 3 is 2.89 bits per heavy atom. The third-order valence-corrected chi connectivity index (χ3v) is 1.96. The molecule has 1 atom stereocenters. The first-order valence-electron chi connectivity index (χ1n) is 3.72. The van der Waals surface area contributed by atoms with Crippen molar-refractivity contribution >= 4 is 0 Å². The van der Waals surface area contributed by atoms with Crippen LogP contribution >= 0.6 is 0 Å². The van der Waals surface area contributed by atoms with Crippen molar-refractivity contribution in [2.24, 2.45) is 5.92 Å². The minimum Gasteiger partial charge on any atom is -0.304 e. The third kappa shape index (κ3) is 1.95. The fourth-order valence-electron chi connectivity index (χ4n) is 1.30. The van der Waals surface area contributed by atoms with E-state index in [9.17, 15) is 0 Å². The quantitative estimate of drug-likeness (QED) is 0.553. The first kappa shape index (κ1) is 7.03. The highest BCUT2D eigenvalue weighted by Gasteiger charge is 2.13. The van der Waals surface area contributed by atoms with Crippen LogP contribution in [0.3, 0.4) is 0 Å². The molecule has 2 heteroatoms. The summed E-state index contributed by atoms with van der Waals surface area (Å²) in [5, 5.41) is 3.36. The first-order valence-corrected chi connectivity index (χ1v) is 3.72. The lowest BCUT2D eigenvalue weighted by molar-refractivity contribution is 0.198. The largest absolute Gasteiger partial charge is 0.304 e. The van der Waals surface area contributed by atoms with Gasteiger partial charge in [0.05, 0.1) is 0 Å². The van der Waals surface area contributed by atoms with Crippen LogP contribution in [-0.2, 0) is 0 Å². The summed E-state index contributed by atoms with van der Waals surface area (Å²) < 4.78 is 0. The number of hydrogen-bond acceptors (Lipinski definition) is 2. The lowest BCUT2D eigenvalue weighted by atomic mass is 10.1. The molecular weight excluding hydrogens is 112 g/mol. The van der Waals surface area contributed by atoms with E-state index in [-0.39, 0.29) is 0 Å². The van der Waals surface area contributed by atoms with Gasteiger partial charge in [-0.05, 0) is 13.0 Å². The lowest BCUT2D eigenvalue weighted by Gasteiger charge is -2.29. The van der Waals surface area contributed by atoms with Crippen LogP contribution in [0.4, 0.5) is 0 Å². The highest BCUT2D eigenvalue weighted by Crippen LogP contribution is 2.05. The van der Waals surface area contributed by atoms with Gasteiger partial charge in [-0.15, -0.1) is 0 Å². The van der Waals surface area contributed by atoms with Crippen LogP contribution in [0.5, 0.6) is 0 Å². The van der Waals surface area contributed by atoms with Gasteiger partial charge in [0.1, 0.15) is 0 Å². The van der Waals surface area contributed by atoms with Gasteiger partial charge in [-0.1, -0.05) is 13.3 Å². The van der Waals surface area contributed by atoms with Crippen LogP contribution < -0.4 is 5.32 Å². The lowest BCUT2D eigenvalue weighted by Crippen LogP contribution is -2.44. The van der Waals surface area contributed by atoms with E-state index in [4.69, 9.17) is 0 Å². The van der Waals surface area contributed by atoms with Crippen molar-refractivity contribution < 1.29 is 0 Å². The Hall–Kier alpha value is -0.0800. The molecule has 0 radical (unpaired) electrons. The molecular formula is C7H16N2. The average Bonchev–Trinajstić information content (AvgIpc) is 1.88. The first-order chi connectivity index (χ1) is 4.33. The van der Waals surface area contributed by atoms with Gasteiger partial charge in [-0.25, -0.2) is 0 Å². The Morgan fingerprint density at radius 1 is 1.67 bits per heavy atom. The number of nitrogens with one attached hydrogen (secondary N) is 1. The van der Waals surface area contributed by atoms with E-state index in [1.54, 1.807) is 0 Å². The molecule has 54 valence electrons.